The second-order valence-electron chi connectivity index (χ2n) is 4.74. The van der Waals surface area contributed by atoms with E-state index in [0.717, 1.165) is 12.5 Å². The lowest BCUT2D eigenvalue weighted by molar-refractivity contribution is 0.0459. The van der Waals surface area contributed by atoms with Gasteiger partial charge in [-0.15, -0.1) is 0 Å². The van der Waals surface area contributed by atoms with Crippen LogP contribution in [0.3, 0.4) is 0 Å². The summed E-state index contributed by atoms with van der Waals surface area (Å²) in [6.07, 6.45) is 2.22. The Bertz CT molecular complexity index is 675. The Morgan fingerprint density at radius 1 is 1.26 bits per heavy atom. The van der Waals surface area contributed by atoms with Crippen LogP contribution in [0, 0.1) is 5.82 Å². The largest absolute Gasteiger partial charge is 0.493 e. The lowest BCUT2D eigenvalue weighted by Gasteiger charge is -2.12. The fourth-order valence-electron chi connectivity index (χ4n) is 1.89. The number of ether oxygens (including phenoxy) is 3. The van der Waals surface area contributed by atoms with Crippen molar-refractivity contribution in [2.24, 2.45) is 0 Å². The van der Waals surface area contributed by atoms with Gasteiger partial charge in [0.2, 0.25) is 0 Å². The highest BCUT2D eigenvalue weighted by Gasteiger charge is 2.15. The molecule has 6 heteroatoms. The summed E-state index contributed by atoms with van der Waals surface area (Å²) in [5.41, 5.74) is 0.373. The Balaban J connectivity index is 2.03. The highest BCUT2D eigenvalue weighted by molar-refractivity contribution is 5.87. The quantitative estimate of drug-likeness (QED) is 0.732. The first kappa shape index (κ1) is 16.7. The normalized spacial score (nSPS) is 10.2. The molecule has 0 atom stereocenters. The summed E-state index contributed by atoms with van der Waals surface area (Å²) in [4.78, 5) is 15.5. The van der Waals surface area contributed by atoms with E-state index >= 15 is 0 Å². The van der Waals surface area contributed by atoms with Gasteiger partial charge in [0, 0.05) is 6.20 Å². The molecule has 2 aromatic rings. The molecule has 1 aromatic heterocycles. The summed E-state index contributed by atoms with van der Waals surface area (Å²) in [6.45, 7) is 2.58. The Hall–Kier alpha value is -2.63. The maximum absolute atomic E-state index is 13.5. The lowest BCUT2D eigenvalue weighted by Crippen LogP contribution is -2.09. The van der Waals surface area contributed by atoms with Crippen molar-refractivity contribution in [2.45, 2.75) is 20.0 Å². The zero-order valence-electron chi connectivity index (χ0n) is 13.0. The van der Waals surface area contributed by atoms with Gasteiger partial charge in [-0.05, 0) is 36.2 Å². The highest BCUT2D eigenvalue weighted by Crippen LogP contribution is 2.28. The zero-order valence-corrected chi connectivity index (χ0v) is 13.0. The van der Waals surface area contributed by atoms with Gasteiger partial charge in [-0.1, -0.05) is 13.0 Å². The summed E-state index contributed by atoms with van der Waals surface area (Å²) < 4.78 is 29.3. The van der Waals surface area contributed by atoms with Gasteiger partial charge in [-0.25, -0.2) is 14.2 Å². The minimum atomic E-state index is -0.812. The fourth-order valence-corrected chi connectivity index (χ4v) is 1.89. The van der Waals surface area contributed by atoms with Gasteiger partial charge in [-0.2, -0.15) is 0 Å². The number of hydrogen-bond donors (Lipinski definition) is 0. The van der Waals surface area contributed by atoms with E-state index < -0.39 is 11.8 Å². The second-order valence-corrected chi connectivity index (χ2v) is 4.74. The standard InChI is InChI=1S/C17H18FNO4/c1-3-9-22-14-7-6-12(10-15(14)21-2)11-23-17(20)16-13(18)5-4-8-19-16/h4-8,10H,3,9,11H2,1-2H3. The molecule has 0 aliphatic carbocycles. The SMILES string of the molecule is CCCOc1ccc(COC(=O)c2ncccc2F)cc1OC. The number of esters is 1. The molecule has 0 aliphatic heterocycles. The average Bonchev–Trinajstić information content (AvgIpc) is 2.58. The van der Waals surface area contributed by atoms with Crippen LogP contribution < -0.4 is 9.47 Å². The Morgan fingerprint density at radius 2 is 2.09 bits per heavy atom. The topological polar surface area (TPSA) is 57.7 Å². The van der Waals surface area contributed by atoms with E-state index in [1.54, 1.807) is 18.2 Å². The Labute approximate surface area is 134 Å². The van der Waals surface area contributed by atoms with Crippen LogP contribution in [0.1, 0.15) is 29.4 Å². The lowest BCUT2D eigenvalue weighted by atomic mass is 10.2. The predicted octanol–water partition coefficient (Wildman–Crippen LogP) is 3.38. The molecule has 5 nitrogen and oxygen atoms in total. The van der Waals surface area contributed by atoms with E-state index in [1.165, 1.54) is 19.4 Å². The van der Waals surface area contributed by atoms with Crippen LogP contribution in [0.2, 0.25) is 0 Å². The number of pyridine rings is 1. The number of halogens is 1. The molecule has 0 aliphatic rings. The van der Waals surface area contributed by atoms with Gasteiger partial charge in [-0.3, -0.25) is 0 Å². The number of aromatic nitrogens is 1. The number of methoxy groups -OCH3 is 1. The van der Waals surface area contributed by atoms with Gasteiger partial charge in [0.1, 0.15) is 6.61 Å². The number of hydrogen-bond acceptors (Lipinski definition) is 5. The number of carbonyl (C=O) groups is 1. The zero-order chi connectivity index (χ0) is 16.7. The average molecular weight is 319 g/mol. The number of benzene rings is 1. The smallest absolute Gasteiger partial charge is 0.360 e. The van der Waals surface area contributed by atoms with Crippen LogP contribution in [0.15, 0.2) is 36.5 Å². The molecule has 0 saturated carbocycles. The van der Waals surface area contributed by atoms with Crippen LogP contribution in [-0.2, 0) is 11.3 Å². The number of rotatable bonds is 7. The van der Waals surface area contributed by atoms with Crippen LogP contribution in [0.4, 0.5) is 4.39 Å². The van der Waals surface area contributed by atoms with E-state index in [1.807, 2.05) is 6.92 Å². The highest BCUT2D eigenvalue weighted by atomic mass is 19.1. The molecule has 0 bridgehead atoms. The van der Waals surface area contributed by atoms with Crippen LogP contribution >= 0.6 is 0 Å². The van der Waals surface area contributed by atoms with Crippen LogP contribution in [-0.4, -0.2) is 24.7 Å². The summed E-state index contributed by atoms with van der Waals surface area (Å²) in [6, 6.07) is 7.79. The summed E-state index contributed by atoms with van der Waals surface area (Å²) in [5.74, 6) is -0.344. The van der Waals surface area contributed by atoms with Crippen LogP contribution in [0.5, 0.6) is 11.5 Å². The van der Waals surface area contributed by atoms with E-state index in [0.29, 0.717) is 23.7 Å². The first-order valence-corrected chi connectivity index (χ1v) is 7.23. The molecule has 1 aromatic carbocycles. The van der Waals surface area contributed by atoms with Crippen molar-refractivity contribution in [2.75, 3.05) is 13.7 Å². The molecule has 0 radical (unpaired) electrons. The van der Waals surface area contributed by atoms with E-state index in [9.17, 15) is 9.18 Å². The second kappa shape index (κ2) is 8.12. The van der Waals surface area contributed by atoms with Gasteiger partial charge in [0.05, 0.1) is 13.7 Å². The monoisotopic (exact) mass is 319 g/mol. The third-order valence-corrected chi connectivity index (χ3v) is 3.01. The fraction of sp³-hybridized carbons (Fsp3) is 0.294. The molecule has 0 fully saturated rings. The minimum Gasteiger partial charge on any atom is -0.493 e. The van der Waals surface area contributed by atoms with Gasteiger partial charge < -0.3 is 14.2 Å². The van der Waals surface area contributed by atoms with E-state index in [-0.39, 0.29) is 12.3 Å². The van der Waals surface area contributed by atoms with Gasteiger partial charge in [0.25, 0.3) is 0 Å². The van der Waals surface area contributed by atoms with Crippen molar-refractivity contribution < 1.29 is 23.4 Å². The molecular formula is C17H18FNO4. The van der Waals surface area contributed by atoms with Crippen molar-refractivity contribution in [3.63, 3.8) is 0 Å². The molecular weight excluding hydrogens is 301 g/mol. The first-order chi connectivity index (χ1) is 11.2. The van der Waals surface area contributed by atoms with E-state index in [4.69, 9.17) is 14.2 Å². The molecule has 1 heterocycles. The molecule has 0 unspecified atom stereocenters. The Kier molecular flexibility index (Phi) is 5.91. The summed E-state index contributed by atoms with van der Waals surface area (Å²) >= 11 is 0. The molecule has 0 saturated heterocycles. The maximum Gasteiger partial charge on any atom is 0.360 e. The number of carbonyl (C=O) groups excluding carboxylic acids is 1. The first-order valence-electron chi connectivity index (χ1n) is 7.23. The molecule has 0 spiro atoms. The van der Waals surface area contributed by atoms with Crippen molar-refractivity contribution in [3.05, 3.63) is 53.6 Å². The summed E-state index contributed by atoms with van der Waals surface area (Å²) in [7, 11) is 1.53. The predicted molar refractivity (Wildman–Crippen MR) is 82.1 cm³/mol. The van der Waals surface area contributed by atoms with Crippen molar-refractivity contribution in [3.8, 4) is 11.5 Å². The third-order valence-electron chi connectivity index (χ3n) is 3.01. The molecule has 0 amide bonds. The summed E-state index contributed by atoms with van der Waals surface area (Å²) in [5, 5.41) is 0. The van der Waals surface area contributed by atoms with Gasteiger partial charge >= 0.3 is 5.97 Å². The van der Waals surface area contributed by atoms with Gasteiger partial charge in [0.15, 0.2) is 23.0 Å². The third kappa shape index (κ3) is 4.42. The molecule has 0 N–H and O–H groups in total. The van der Waals surface area contributed by atoms with Crippen molar-refractivity contribution in [1.29, 1.82) is 0 Å². The van der Waals surface area contributed by atoms with E-state index in [2.05, 4.69) is 4.98 Å². The number of nitrogens with zero attached hydrogens (tertiary/aromatic N) is 1. The molecule has 2 rings (SSSR count). The molecule has 122 valence electrons. The molecule has 23 heavy (non-hydrogen) atoms. The van der Waals surface area contributed by atoms with Crippen molar-refractivity contribution >= 4 is 5.97 Å². The van der Waals surface area contributed by atoms with Crippen molar-refractivity contribution in [1.82, 2.24) is 4.98 Å². The maximum atomic E-state index is 13.5. The Morgan fingerprint density at radius 3 is 2.78 bits per heavy atom. The van der Waals surface area contributed by atoms with Crippen LogP contribution in [0.25, 0.3) is 0 Å². The minimum absolute atomic E-state index is 0.0146.